The zero-order chi connectivity index (χ0) is 30.5. The first-order valence-corrected chi connectivity index (χ1v) is 18.2. The van der Waals surface area contributed by atoms with Gasteiger partial charge in [0.2, 0.25) is 0 Å². The van der Waals surface area contributed by atoms with Crippen molar-refractivity contribution in [2.45, 2.75) is 50.2 Å². The molecule has 0 radical (unpaired) electrons. The molecule has 1 N–H and O–H groups in total. The summed E-state index contributed by atoms with van der Waals surface area (Å²) in [6.07, 6.45) is -0.220. The van der Waals surface area contributed by atoms with Gasteiger partial charge in [-0.05, 0) is 60.0 Å². The molecule has 4 atom stereocenters. The zero-order valence-corrected chi connectivity index (χ0v) is 26.6. The van der Waals surface area contributed by atoms with Gasteiger partial charge >= 0.3 is 6.09 Å². The van der Waals surface area contributed by atoms with Gasteiger partial charge in [-0.2, -0.15) is 0 Å². The predicted octanol–water partition coefficient (Wildman–Crippen LogP) is 5.45. The van der Waals surface area contributed by atoms with E-state index in [0.717, 1.165) is 28.3 Å². The van der Waals surface area contributed by atoms with Gasteiger partial charge in [-0.1, -0.05) is 61.1 Å². The van der Waals surface area contributed by atoms with E-state index in [1.807, 2.05) is 48.5 Å². The second-order valence-electron chi connectivity index (χ2n) is 12.2. The number of methoxy groups -OCH3 is 1. The van der Waals surface area contributed by atoms with Crippen LogP contribution in [0.25, 0.3) is 0 Å². The van der Waals surface area contributed by atoms with Crippen LogP contribution in [0.15, 0.2) is 66.7 Å². The Bertz CT molecular complexity index is 1530. The smallest absolute Gasteiger partial charge is 0.414 e. The number of cyclic esters (lactones) is 1. The molecular formula is C33H37ClN2O6Si. The van der Waals surface area contributed by atoms with Crippen LogP contribution in [0.1, 0.15) is 24.5 Å². The van der Waals surface area contributed by atoms with Crippen molar-refractivity contribution in [2.24, 2.45) is 5.92 Å². The van der Waals surface area contributed by atoms with Gasteiger partial charge < -0.3 is 24.2 Å². The van der Waals surface area contributed by atoms with Gasteiger partial charge in [-0.15, -0.1) is 0 Å². The summed E-state index contributed by atoms with van der Waals surface area (Å²) in [5.74, 6) is 0.506. The minimum atomic E-state index is -2.26. The van der Waals surface area contributed by atoms with Gasteiger partial charge in [0.15, 0.2) is 5.60 Å². The van der Waals surface area contributed by atoms with Crippen LogP contribution in [-0.4, -0.2) is 58.2 Å². The molecule has 0 saturated carbocycles. The second-order valence-corrected chi connectivity index (χ2v) is 17.3. The molecule has 0 aliphatic carbocycles. The van der Waals surface area contributed by atoms with E-state index in [2.05, 4.69) is 32.2 Å². The molecule has 0 aromatic heterocycles. The number of halogens is 1. The van der Waals surface area contributed by atoms with E-state index < -0.39 is 13.7 Å². The summed E-state index contributed by atoms with van der Waals surface area (Å²) in [6.45, 7) is 7.95. The molecule has 3 aromatic rings. The average molecular weight is 621 g/mol. The van der Waals surface area contributed by atoms with Gasteiger partial charge in [0.05, 0.1) is 40.1 Å². The molecule has 2 saturated heterocycles. The molecule has 3 aliphatic rings. The fourth-order valence-electron chi connectivity index (χ4n) is 7.43. The number of anilines is 2. The van der Waals surface area contributed by atoms with Crippen molar-refractivity contribution >= 4 is 48.2 Å². The molecule has 3 heterocycles. The highest BCUT2D eigenvalue weighted by Crippen LogP contribution is 2.60. The number of hydrogen-bond acceptors (Lipinski definition) is 6. The quantitative estimate of drug-likeness (QED) is 0.337. The number of fused-ring (bicyclic) bond motifs is 2. The van der Waals surface area contributed by atoms with Gasteiger partial charge in [-0.25, -0.2) is 4.79 Å². The predicted molar refractivity (Wildman–Crippen MR) is 169 cm³/mol. The number of carbonyl (C=O) groups excluding carboxylic acids is 2. The maximum atomic E-state index is 14.7. The molecular weight excluding hydrogens is 584 g/mol. The Hall–Kier alpha value is -3.37. The molecule has 2 fully saturated rings. The second kappa shape index (κ2) is 11.3. The van der Waals surface area contributed by atoms with Crippen LogP contribution < -0.4 is 19.7 Å². The lowest BCUT2D eigenvalue weighted by molar-refractivity contribution is -0.146. The average Bonchev–Trinajstić information content (AvgIpc) is 3.63. The van der Waals surface area contributed by atoms with Crippen LogP contribution in [0.4, 0.5) is 16.2 Å². The third kappa shape index (κ3) is 4.83. The van der Waals surface area contributed by atoms with Crippen molar-refractivity contribution in [3.63, 3.8) is 0 Å². The van der Waals surface area contributed by atoms with E-state index >= 15 is 0 Å². The summed E-state index contributed by atoms with van der Waals surface area (Å²) < 4.78 is 17.4. The van der Waals surface area contributed by atoms with E-state index in [1.54, 1.807) is 23.0 Å². The minimum Gasteiger partial charge on any atom is -0.497 e. The van der Waals surface area contributed by atoms with Crippen molar-refractivity contribution < 1.29 is 28.9 Å². The summed E-state index contributed by atoms with van der Waals surface area (Å²) in [7, 11) is -0.606. The maximum absolute atomic E-state index is 14.7. The van der Waals surface area contributed by atoms with E-state index in [1.165, 1.54) is 5.19 Å². The zero-order valence-electron chi connectivity index (χ0n) is 24.9. The van der Waals surface area contributed by atoms with E-state index in [9.17, 15) is 14.7 Å². The number of hydrogen-bond donors (Lipinski definition) is 1. The molecule has 10 heteroatoms. The number of benzene rings is 3. The normalized spacial score (nSPS) is 25.0. The van der Waals surface area contributed by atoms with Crippen molar-refractivity contribution in [3.8, 4) is 5.75 Å². The Balaban J connectivity index is 1.37. The number of ether oxygens (including phenoxy) is 3. The first-order valence-electron chi connectivity index (χ1n) is 14.7. The minimum absolute atomic E-state index is 0.0335. The van der Waals surface area contributed by atoms with Gasteiger partial charge in [0, 0.05) is 28.8 Å². The third-order valence-electron chi connectivity index (χ3n) is 9.56. The highest BCUT2D eigenvalue weighted by atomic mass is 35.5. The fourth-order valence-corrected chi connectivity index (χ4v) is 11.7. The summed E-state index contributed by atoms with van der Waals surface area (Å²) in [5.41, 5.74) is 2.06. The lowest BCUT2D eigenvalue weighted by atomic mass is 9.82. The first-order chi connectivity index (χ1) is 20.6. The third-order valence-corrected chi connectivity index (χ3v) is 14.2. The molecule has 3 aromatic carbocycles. The molecule has 0 bridgehead atoms. The standard InChI is InChI=1S/C33H37ClN2O6Si/c1-21-30(43(3,4)26-12-10-25(40-2)11-13-26)29(15-17-37)42-33(21)27-19-23(34)7-14-28(27)36(31(33)38)20-22-5-8-24(9-6-22)35-16-18-41-32(35)39/h5-14,19,21,29-30,37H,15-18,20H2,1-4H3/t21-,29+,30-,33+/m0/s1. The van der Waals surface area contributed by atoms with Crippen molar-refractivity contribution in [3.05, 3.63) is 82.9 Å². The van der Waals surface area contributed by atoms with Crippen LogP contribution in [0.3, 0.4) is 0 Å². The summed E-state index contributed by atoms with van der Waals surface area (Å²) in [5, 5.41) is 11.9. The van der Waals surface area contributed by atoms with Crippen molar-refractivity contribution in [1.29, 1.82) is 0 Å². The largest absolute Gasteiger partial charge is 0.497 e. The van der Waals surface area contributed by atoms with Crippen LogP contribution in [-0.2, 0) is 26.4 Å². The number of amides is 2. The van der Waals surface area contributed by atoms with Gasteiger partial charge in [-0.3, -0.25) is 9.69 Å². The molecule has 1 spiro atoms. The number of rotatable bonds is 8. The Labute approximate surface area is 258 Å². The number of aliphatic hydroxyl groups is 1. The van der Waals surface area contributed by atoms with E-state index in [4.69, 9.17) is 25.8 Å². The Morgan fingerprint density at radius 2 is 1.79 bits per heavy atom. The van der Waals surface area contributed by atoms with E-state index in [0.29, 0.717) is 31.1 Å². The Kier molecular flexibility index (Phi) is 7.79. The number of carbonyl (C=O) groups is 2. The topological polar surface area (TPSA) is 88.5 Å². The van der Waals surface area contributed by atoms with Crippen LogP contribution in [0, 0.1) is 5.92 Å². The number of nitrogens with zero attached hydrogens (tertiary/aromatic N) is 2. The summed E-state index contributed by atoms with van der Waals surface area (Å²) in [6, 6.07) is 21.4. The first kappa shape index (κ1) is 29.7. The Morgan fingerprint density at radius 3 is 2.42 bits per heavy atom. The molecule has 226 valence electrons. The molecule has 0 unspecified atom stereocenters. The molecule has 8 nitrogen and oxygen atoms in total. The molecule has 3 aliphatic heterocycles. The monoisotopic (exact) mass is 620 g/mol. The SMILES string of the molecule is COc1ccc([Si](C)(C)[C@@H]2[C@@H](CCO)O[C@]3(C(=O)N(Cc4ccc(N5CCOC5=O)cc4)c4ccc(Cl)cc43)[C@H]2C)cc1. The van der Waals surface area contributed by atoms with Gasteiger partial charge in [0.1, 0.15) is 12.4 Å². The summed E-state index contributed by atoms with van der Waals surface area (Å²) in [4.78, 5) is 30.1. The van der Waals surface area contributed by atoms with E-state index in [-0.39, 0.29) is 36.2 Å². The van der Waals surface area contributed by atoms with Crippen LogP contribution in [0.5, 0.6) is 5.75 Å². The van der Waals surface area contributed by atoms with Crippen molar-refractivity contribution in [1.82, 2.24) is 0 Å². The highest BCUT2D eigenvalue weighted by molar-refractivity contribution is 6.91. The molecule has 6 rings (SSSR count). The number of aliphatic hydroxyl groups excluding tert-OH is 1. The Morgan fingerprint density at radius 1 is 1.07 bits per heavy atom. The molecule has 2 amide bonds. The van der Waals surface area contributed by atoms with Crippen LogP contribution in [0.2, 0.25) is 23.7 Å². The lowest BCUT2D eigenvalue weighted by Crippen LogP contribution is -2.51. The highest BCUT2D eigenvalue weighted by Gasteiger charge is 2.66. The maximum Gasteiger partial charge on any atom is 0.414 e. The lowest BCUT2D eigenvalue weighted by Gasteiger charge is -2.37. The summed E-state index contributed by atoms with van der Waals surface area (Å²) >= 11 is 6.56. The van der Waals surface area contributed by atoms with Crippen molar-refractivity contribution in [2.75, 3.05) is 36.7 Å². The fraction of sp³-hybridized carbons (Fsp3) is 0.394. The van der Waals surface area contributed by atoms with Crippen LogP contribution >= 0.6 is 11.6 Å². The van der Waals surface area contributed by atoms with Gasteiger partial charge in [0.25, 0.3) is 5.91 Å². The molecule has 43 heavy (non-hydrogen) atoms.